The van der Waals surface area contributed by atoms with Gasteiger partial charge in [-0.2, -0.15) is 0 Å². The number of rotatable bonds is 7. The number of sulfone groups is 1. The highest BCUT2D eigenvalue weighted by Gasteiger charge is 2.34. The van der Waals surface area contributed by atoms with Crippen LogP contribution in [-0.4, -0.2) is 50.2 Å². The molecule has 0 radical (unpaired) electrons. The molecule has 2 aromatic rings. The molecule has 2 aliphatic heterocycles. The maximum absolute atomic E-state index is 13.5. The van der Waals surface area contributed by atoms with E-state index in [1.807, 2.05) is 43.3 Å². The molecular formula is C23H30N2O3S2. The largest absolute Gasteiger partial charge is 0.492 e. The number of benzene rings is 2. The summed E-state index contributed by atoms with van der Waals surface area (Å²) in [5.74, 6) is 0.476. The van der Waals surface area contributed by atoms with Crippen molar-refractivity contribution in [3.63, 3.8) is 0 Å². The smallest absolute Gasteiger partial charge is 0.196 e. The van der Waals surface area contributed by atoms with Gasteiger partial charge in [0.15, 0.2) is 9.84 Å². The van der Waals surface area contributed by atoms with Gasteiger partial charge >= 0.3 is 0 Å². The minimum absolute atomic E-state index is 0.293. The Morgan fingerprint density at radius 1 is 1.23 bits per heavy atom. The van der Waals surface area contributed by atoms with Crippen LogP contribution in [0.1, 0.15) is 31.7 Å². The lowest BCUT2D eigenvalue weighted by Crippen LogP contribution is -2.30. The van der Waals surface area contributed by atoms with Crippen LogP contribution in [0, 0.1) is 6.92 Å². The Morgan fingerprint density at radius 2 is 2.07 bits per heavy atom. The summed E-state index contributed by atoms with van der Waals surface area (Å²) in [6.07, 6.45) is 3.42. The summed E-state index contributed by atoms with van der Waals surface area (Å²) in [5, 5.41) is 3.26. The molecule has 0 spiro atoms. The lowest BCUT2D eigenvalue weighted by atomic mass is 10.2. The fourth-order valence-electron chi connectivity index (χ4n) is 4.14. The first-order valence-corrected chi connectivity index (χ1v) is 13.1. The molecule has 2 heterocycles. The molecule has 4 rings (SSSR count). The Balaban J connectivity index is 1.47. The van der Waals surface area contributed by atoms with Gasteiger partial charge in [0.1, 0.15) is 15.2 Å². The number of nitrogens with one attached hydrogen (secondary N) is 1. The number of anilines is 1. The number of para-hydroxylation sites is 1. The van der Waals surface area contributed by atoms with Crippen LogP contribution >= 0.6 is 11.8 Å². The van der Waals surface area contributed by atoms with E-state index in [9.17, 15) is 8.42 Å². The van der Waals surface area contributed by atoms with E-state index >= 15 is 0 Å². The van der Waals surface area contributed by atoms with Gasteiger partial charge in [-0.25, -0.2) is 8.42 Å². The maximum Gasteiger partial charge on any atom is 0.196 e. The summed E-state index contributed by atoms with van der Waals surface area (Å²) in [6, 6.07) is 13.9. The van der Waals surface area contributed by atoms with E-state index < -0.39 is 14.4 Å². The number of likely N-dealkylation sites (tertiary alicyclic amines) is 1. The molecule has 5 nitrogen and oxygen atoms in total. The van der Waals surface area contributed by atoms with Crippen molar-refractivity contribution in [2.75, 3.05) is 31.6 Å². The first kappa shape index (κ1) is 21.5. The third-order valence-corrected chi connectivity index (χ3v) is 9.79. The number of fused-ring (bicyclic) bond motifs is 1. The Hall–Kier alpha value is -1.70. The third kappa shape index (κ3) is 4.63. The van der Waals surface area contributed by atoms with Crippen molar-refractivity contribution in [1.29, 1.82) is 0 Å². The van der Waals surface area contributed by atoms with E-state index in [1.165, 1.54) is 24.6 Å². The van der Waals surface area contributed by atoms with Crippen molar-refractivity contribution in [3.05, 3.63) is 48.0 Å². The molecule has 1 N–H and O–H groups in total. The minimum atomic E-state index is -3.55. The van der Waals surface area contributed by atoms with Gasteiger partial charge in [-0.15, -0.1) is 11.8 Å². The Labute approximate surface area is 184 Å². The van der Waals surface area contributed by atoms with Gasteiger partial charge in [-0.05, 0) is 69.5 Å². The molecule has 2 aliphatic rings. The van der Waals surface area contributed by atoms with Crippen LogP contribution in [0.15, 0.2) is 52.3 Å². The molecule has 1 fully saturated rings. The monoisotopic (exact) mass is 446 g/mol. The average Bonchev–Trinajstić information content (AvgIpc) is 3.15. The van der Waals surface area contributed by atoms with Crippen LogP contribution < -0.4 is 10.1 Å². The Morgan fingerprint density at radius 3 is 2.87 bits per heavy atom. The van der Waals surface area contributed by atoms with Gasteiger partial charge in [-0.3, -0.25) is 0 Å². The normalized spacial score (nSPS) is 21.8. The number of ether oxygens (including phenoxy) is 1. The molecule has 2 atom stereocenters. The van der Waals surface area contributed by atoms with Crippen LogP contribution in [0.2, 0.25) is 0 Å². The van der Waals surface area contributed by atoms with Gasteiger partial charge in [-0.1, -0.05) is 18.2 Å². The number of aryl methyl sites for hydroxylation is 1. The van der Waals surface area contributed by atoms with Gasteiger partial charge in [0.2, 0.25) is 0 Å². The zero-order valence-corrected chi connectivity index (χ0v) is 19.3. The summed E-state index contributed by atoms with van der Waals surface area (Å²) >= 11 is 1.40. The molecule has 30 heavy (non-hydrogen) atoms. The van der Waals surface area contributed by atoms with Crippen molar-refractivity contribution in [2.45, 2.75) is 53.5 Å². The third-order valence-electron chi connectivity index (χ3n) is 5.89. The molecule has 1 saturated heterocycles. The van der Waals surface area contributed by atoms with E-state index in [0.29, 0.717) is 29.8 Å². The lowest BCUT2D eigenvalue weighted by Gasteiger charge is -2.26. The molecule has 7 heteroatoms. The average molecular weight is 447 g/mol. The van der Waals surface area contributed by atoms with Crippen molar-refractivity contribution in [1.82, 2.24) is 4.90 Å². The second kappa shape index (κ2) is 9.20. The van der Waals surface area contributed by atoms with E-state index in [2.05, 4.69) is 17.1 Å². The summed E-state index contributed by atoms with van der Waals surface area (Å²) < 4.78 is 32.4. The highest BCUT2D eigenvalue weighted by molar-refractivity contribution is 8.13. The van der Waals surface area contributed by atoms with Crippen LogP contribution in [0.25, 0.3) is 0 Å². The molecule has 0 saturated carbocycles. The van der Waals surface area contributed by atoms with Crippen molar-refractivity contribution >= 4 is 27.3 Å². The zero-order chi connectivity index (χ0) is 21.1. The van der Waals surface area contributed by atoms with Crippen LogP contribution in [0.5, 0.6) is 5.75 Å². The summed E-state index contributed by atoms with van der Waals surface area (Å²) in [7, 11) is -3.55. The number of hydrogen-bond acceptors (Lipinski definition) is 6. The molecule has 0 amide bonds. The van der Waals surface area contributed by atoms with Crippen LogP contribution in [-0.2, 0) is 9.84 Å². The topological polar surface area (TPSA) is 58.6 Å². The Bertz CT molecular complexity index is 994. The standard InChI is InChI=1S/C23H30N2O3S2/c1-17-10-11-22(20(15-17)28-14-6-13-25-12-5-7-18(25)2)30(26,27)23-16-24-19-8-3-4-9-21(19)29-23/h3-4,8-11,15,18,23-24H,5-7,12-14,16H2,1-2H3/t18?,23-/m0/s1. The fourth-order valence-corrected chi connectivity index (χ4v) is 7.39. The Kier molecular flexibility index (Phi) is 6.60. The highest BCUT2D eigenvalue weighted by atomic mass is 32.3. The SMILES string of the molecule is Cc1ccc(S(=O)(=O)[C@H]2CNc3ccccc3S2)c(OCCCN2CCCC2C)c1. The van der Waals surface area contributed by atoms with E-state index in [0.717, 1.165) is 35.7 Å². The minimum Gasteiger partial charge on any atom is -0.492 e. The molecule has 0 bridgehead atoms. The molecule has 1 unspecified atom stereocenters. The first-order chi connectivity index (χ1) is 14.4. The lowest BCUT2D eigenvalue weighted by molar-refractivity contribution is 0.228. The summed E-state index contributed by atoms with van der Waals surface area (Å²) in [4.78, 5) is 3.74. The van der Waals surface area contributed by atoms with Crippen LogP contribution in [0.3, 0.4) is 0 Å². The van der Waals surface area contributed by atoms with Crippen molar-refractivity contribution in [3.8, 4) is 5.75 Å². The fraction of sp³-hybridized carbons (Fsp3) is 0.478. The maximum atomic E-state index is 13.5. The second-order valence-electron chi connectivity index (χ2n) is 8.15. The van der Waals surface area contributed by atoms with Crippen LogP contribution in [0.4, 0.5) is 5.69 Å². The number of thioether (sulfide) groups is 1. The predicted molar refractivity (Wildman–Crippen MR) is 123 cm³/mol. The van der Waals surface area contributed by atoms with Crippen molar-refractivity contribution < 1.29 is 13.2 Å². The molecule has 0 aromatic heterocycles. The summed E-state index contributed by atoms with van der Waals surface area (Å²) in [6.45, 7) is 7.28. The van der Waals surface area contributed by atoms with E-state index in [-0.39, 0.29) is 0 Å². The second-order valence-corrected chi connectivity index (χ2v) is 11.8. The van der Waals surface area contributed by atoms with Gasteiger partial charge in [0.25, 0.3) is 0 Å². The summed E-state index contributed by atoms with van der Waals surface area (Å²) in [5.41, 5.74) is 1.99. The molecule has 162 valence electrons. The van der Waals surface area contributed by atoms with E-state index in [1.54, 1.807) is 6.07 Å². The van der Waals surface area contributed by atoms with Gasteiger partial charge in [0, 0.05) is 29.7 Å². The number of hydrogen-bond donors (Lipinski definition) is 1. The molecular weight excluding hydrogens is 416 g/mol. The first-order valence-electron chi connectivity index (χ1n) is 10.7. The van der Waals surface area contributed by atoms with E-state index in [4.69, 9.17) is 4.74 Å². The van der Waals surface area contributed by atoms with Gasteiger partial charge in [0.05, 0.1) is 6.61 Å². The highest BCUT2D eigenvalue weighted by Crippen LogP contribution is 2.40. The van der Waals surface area contributed by atoms with Gasteiger partial charge < -0.3 is 15.0 Å². The predicted octanol–water partition coefficient (Wildman–Crippen LogP) is 4.57. The van der Waals surface area contributed by atoms with Crippen molar-refractivity contribution in [2.24, 2.45) is 0 Å². The zero-order valence-electron chi connectivity index (χ0n) is 17.6. The molecule has 0 aliphatic carbocycles. The quantitative estimate of drug-likeness (QED) is 0.629. The molecule has 2 aromatic carbocycles. The number of nitrogens with zero attached hydrogens (tertiary/aromatic N) is 1.